The molecule has 0 aromatic heterocycles. The highest BCUT2D eigenvalue weighted by Gasteiger charge is 2.07. The van der Waals surface area contributed by atoms with Crippen LogP contribution >= 0.6 is 0 Å². The van der Waals surface area contributed by atoms with Gasteiger partial charge in [-0.05, 0) is 29.8 Å². The Kier molecular flexibility index (Phi) is 2.91. The average molecular weight is 228 g/mol. The fourth-order valence-electron chi connectivity index (χ4n) is 1.61. The minimum Gasteiger partial charge on any atom is -0.399 e. The van der Waals surface area contributed by atoms with Gasteiger partial charge in [-0.2, -0.15) is 5.53 Å². The summed E-state index contributed by atoms with van der Waals surface area (Å²) in [6.07, 6.45) is 0. The van der Waals surface area contributed by atoms with Gasteiger partial charge >= 0.3 is 0 Å². The van der Waals surface area contributed by atoms with Crippen molar-refractivity contribution in [3.8, 4) is 16.9 Å². The van der Waals surface area contributed by atoms with E-state index < -0.39 is 0 Å². The van der Waals surface area contributed by atoms with Crippen LogP contribution in [0.3, 0.4) is 0 Å². The molecule has 0 aliphatic heterocycles. The third-order valence-corrected chi connectivity index (χ3v) is 2.35. The summed E-state index contributed by atoms with van der Waals surface area (Å²) in [6.45, 7) is 0. The maximum atomic E-state index is 6.75. The minimum atomic E-state index is 0.436. The number of nitrogens with two attached hydrogens (primary N) is 2. The van der Waals surface area contributed by atoms with Gasteiger partial charge in [0.15, 0.2) is 5.75 Å². The second kappa shape index (κ2) is 4.52. The molecule has 0 radical (unpaired) electrons. The van der Waals surface area contributed by atoms with Gasteiger partial charge < -0.3 is 16.3 Å². The Hall–Kier alpha value is -2.56. The highest BCUT2D eigenvalue weighted by atomic mass is 16.6. The van der Waals surface area contributed by atoms with Crippen LogP contribution in [-0.4, -0.2) is 0 Å². The van der Waals surface area contributed by atoms with Gasteiger partial charge in [0.25, 0.3) is 0 Å². The lowest BCUT2D eigenvalue weighted by molar-refractivity contribution is 0.300. The zero-order valence-corrected chi connectivity index (χ0v) is 9.05. The quantitative estimate of drug-likeness (QED) is 0.428. The largest absolute Gasteiger partial charge is 0.399 e. The summed E-state index contributed by atoms with van der Waals surface area (Å²) in [7, 11) is 0. The van der Waals surface area contributed by atoms with E-state index in [-0.39, 0.29) is 0 Å². The molecule has 2 aromatic carbocycles. The van der Waals surface area contributed by atoms with Crippen molar-refractivity contribution in [3.05, 3.63) is 42.5 Å². The van der Waals surface area contributed by atoms with Crippen LogP contribution in [0.15, 0.2) is 47.7 Å². The van der Waals surface area contributed by atoms with Gasteiger partial charge in [0.1, 0.15) is 0 Å². The van der Waals surface area contributed by atoms with Crippen molar-refractivity contribution in [2.75, 3.05) is 11.5 Å². The highest BCUT2D eigenvalue weighted by Crippen LogP contribution is 2.32. The van der Waals surface area contributed by atoms with E-state index in [0.717, 1.165) is 11.1 Å². The Labute approximate surface area is 98.5 Å². The van der Waals surface area contributed by atoms with Gasteiger partial charge in [-0.15, -0.1) is 0 Å². The van der Waals surface area contributed by atoms with E-state index in [1.54, 1.807) is 18.2 Å². The summed E-state index contributed by atoms with van der Waals surface area (Å²) < 4.78 is 0. The van der Waals surface area contributed by atoms with Crippen LogP contribution in [0.25, 0.3) is 11.1 Å². The van der Waals surface area contributed by atoms with E-state index in [0.29, 0.717) is 17.1 Å². The lowest BCUT2D eigenvalue weighted by Gasteiger charge is -2.08. The normalized spacial score (nSPS) is 9.88. The molecule has 5 nitrogen and oxygen atoms in total. The van der Waals surface area contributed by atoms with Crippen molar-refractivity contribution in [1.29, 1.82) is 5.53 Å². The Balaban J connectivity index is 2.54. The van der Waals surface area contributed by atoms with Crippen LogP contribution in [0.4, 0.5) is 11.4 Å². The monoisotopic (exact) mass is 228 g/mol. The Bertz CT molecular complexity index is 554. The zero-order chi connectivity index (χ0) is 12.3. The predicted octanol–water partition coefficient (Wildman–Crippen LogP) is 2.84. The molecule has 2 rings (SSSR count). The molecular weight excluding hydrogens is 216 g/mol. The molecule has 0 aliphatic carbocycles. The predicted molar refractivity (Wildman–Crippen MR) is 66.5 cm³/mol. The molecule has 5 N–H and O–H groups in total. The van der Waals surface area contributed by atoms with E-state index in [2.05, 4.69) is 5.28 Å². The van der Waals surface area contributed by atoms with Crippen LogP contribution in [0.2, 0.25) is 0 Å². The number of anilines is 2. The lowest BCUT2D eigenvalue weighted by Crippen LogP contribution is -1.91. The van der Waals surface area contributed by atoms with E-state index in [1.165, 1.54) is 0 Å². The average Bonchev–Trinajstić information content (AvgIpc) is 2.29. The third kappa shape index (κ3) is 2.34. The van der Waals surface area contributed by atoms with E-state index >= 15 is 0 Å². The summed E-state index contributed by atoms with van der Waals surface area (Å²) >= 11 is 0. The summed E-state index contributed by atoms with van der Waals surface area (Å²) in [5.74, 6) is 0.436. The standard InChI is InChI=1S/C12H12N4O/c13-9-3-1-2-8(6-9)11-5-4-10(14)7-12(11)17-16-15/h1-7,15H,13-14H2. The highest BCUT2D eigenvalue weighted by molar-refractivity contribution is 5.75. The molecule has 0 saturated carbocycles. The van der Waals surface area contributed by atoms with Crippen molar-refractivity contribution < 1.29 is 4.84 Å². The van der Waals surface area contributed by atoms with Gasteiger partial charge in [-0.25, -0.2) is 0 Å². The first-order chi connectivity index (χ1) is 8.20. The van der Waals surface area contributed by atoms with Crippen LogP contribution in [0, 0.1) is 5.53 Å². The zero-order valence-electron chi connectivity index (χ0n) is 9.05. The molecule has 0 amide bonds. The van der Waals surface area contributed by atoms with Gasteiger partial charge in [-0.3, -0.25) is 0 Å². The second-order valence-corrected chi connectivity index (χ2v) is 3.56. The van der Waals surface area contributed by atoms with Crippen molar-refractivity contribution in [1.82, 2.24) is 0 Å². The summed E-state index contributed by atoms with van der Waals surface area (Å²) in [6, 6.07) is 12.6. The lowest BCUT2D eigenvalue weighted by atomic mass is 10.0. The maximum absolute atomic E-state index is 6.75. The number of rotatable bonds is 3. The van der Waals surface area contributed by atoms with Crippen LogP contribution in [0.1, 0.15) is 0 Å². The van der Waals surface area contributed by atoms with Gasteiger partial charge in [0.05, 0.1) is 0 Å². The van der Waals surface area contributed by atoms with Crippen LogP contribution in [0.5, 0.6) is 5.75 Å². The number of hydrogen-bond acceptors (Lipinski definition) is 5. The van der Waals surface area contributed by atoms with Gasteiger partial charge in [0.2, 0.25) is 0 Å². The van der Waals surface area contributed by atoms with Gasteiger partial charge in [-0.1, -0.05) is 12.1 Å². The number of hydrogen-bond donors (Lipinski definition) is 3. The fraction of sp³-hybridized carbons (Fsp3) is 0. The first-order valence-corrected chi connectivity index (χ1v) is 5.00. The molecule has 0 fully saturated rings. The molecule has 0 aliphatic rings. The van der Waals surface area contributed by atoms with Crippen molar-refractivity contribution in [2.24, 2.45) is 5.28 Å². The molecule has 17 heavy (non-hydrogen) atoms. The fourth-order valence-corrected chi connectivity index (χ4v) is 1.61. The molecule has 0 unspecified atom stereocenters. The summed E-state index contributed by atoms with van der Waals surface area (Å²) in [5, 5.41) is 2.92. The van der Waals surface area contributed by atoms with E-state index in [4.69, 9.17) is 21.8 Å². The van der Waals surface area contributed by atoms with Crippen LogP contribution in [-0.2, 0) is 0 Å². The Morgan fingerprint density at radius 2 is 1.76 bits per heavy atom. The van der Waals surface area contributed by atoms with Crippen LogP contribution < -0.4 is 16.3 Å². The number of benzene rings is 2. The molecule has 0 heterocycles. The third-order valence-electron chi connectivity index (χ3n) is 2.35. The molecular formula is C12H12N4O. The van der Waals surface area contributed by atoms with Crippen molar-refractivity contribution in [3.63, 3.8) is 0 Å². The minimum absolute atomic E-state index is 0.436. The van der Waals surface area contributed by atoms with Crippen molar-refractivity contribution >= 4 is 11.4 Å². The maximum Gasteiger partial charge on any atom is 0.169 e. The summed E-state index contributed by atoms with van der Waals surface area (Å²) in [5.41, 5.74) is 21.0. The first-order valence-electron chi connectivity index (χ1n) is 5.00. The Morgan fingerprint density at radius 3 is 2.47 bits per heavy atom. The molecule has 2 aromatic rings. The van der Waals surface area contributed by atoms with Crippen molar-refractivity contribution in [2.45, 2.75) is 0 Å². The number of nitrogen functional groups attached to an aromatic ring is 2. The topological polar surface area (TPSA) is 97.5 Å². The first kappa shape index (κ1) is 10.9. The molecule has 0 spiro atoms. The molecule has 0 atom stereocenters. The molecule has 5 heteroatoms. The van der Waals surface area contributed by atoms with Gasteiger partial charge in [0, 0.05) is 28.3 Å². The Morgan fingerprint density at radius 1 is 1.00 bits per heavy atom. The number of nitrogens with zero attached hydrogens (tertiary/aromatic N) is 1. The van der Waals surface area contributed by atoms with E-state index in [9.17, 15) is 0 Å². The number of nitrogens with one attached hydrogen (secondary N) is 1. The smallest absolute Gasteiger partial charge is 0.169 e. The molecule has 0 saturated heterocycles. The molecule has 0 bridgehead atoms. The second-order valence-electron chi connectivity index (χ2n) is 3.56. The van der Waals surface area contributed by atoms with E-state index in [1.807, 2.05) is 24.3 Å². The molecule has 86 valence electrons. The summed E-state index contributed by atoms with van der Waals surface area (Å²) in [4.78, 5) is 4.88. The SMILES string of the molecule is N=NOc1cc(N)ccc1-c1cccc(N)c1.